The van der Waals surface area contributed by atoms with Gasteiger partial charge in [-0.2, -0.15) is 0 Å². The van der Waals surface area contributed by atoms with E-state index in [1.165, 1.54) is 6.92 Å². The summed E-state index contributed by atoms with van der Waals surface area (Å²) in [5.74, 6) is -3.02. The Morgan fingerprint density at radius 1 is 1.29 bits per heavy atom. The van der Waals surface area contributed by atoms with Gasteiger partial charge in [0.25, 0.3) is 5.91 Å². The Bertz CT molecular complexity index is 637. The summed E-state index contributed by atoms with van der Waals surface area (Å²) < 4.78 is 15.8. The lowest BCUT2D eigenvalue weighted by molar-refractivity contribution is -0.170. The first kappa shape index (κ1) is 22.3. The van der Waals surface area contributed by atoms with Crippen molar-refractivity contribution in [2.45, 2.75) is 52.2 Å². The quantitative estimate of drug-likeness (QED) is 0.626. The van der Waals surface area contributed by atoms with Gasteiger partial charge >= 0.3 is 5.97 Å². The standard InChI is InChI=1S/C19H30N2O7/c1-18(2,3)10-12(9-14(23)21-5-7-26-8-6-21)16(24)28-15-13(22)11-27-19(15,4)17(20)25/h12,15H,5-11H2,1-4H3,(H2,20,25). The molecule has 2 N–H and O–H groups in total. The number of morpholine rings is 1. The molecule has 9 nitrogen and oxygen atoms in total. The second-order valence-electron chi connectivity index (χ2n) is 8.70. The first-order valence-electron chi connectivity index (χ1n) is 9.46. The van der Waals surface area contributed by atoms with Crippen molar-refractivity contribution in [2.24, 2.45) is 17.1 Å². The molecule has 0 bridgehead atoms. The molecule has 0 radical (unpaired) electrons. The topological polar surface area (TPSA) is 125 Å². The number of carbonyl (C=O) groups excluding carboxylic acids is 4. The number of ketones is 1. The monoisotopic (exact) mass is 398 g/mol. The van der Waals surface area contributed by atoms with E-state index in [-0.39, 0.29) is 24.3 Å². The van der Waals surface area contributed by atoms with Crippen LogP contribution in [0.2, 0.25) is 0 Å². The zero-order valence-electron chi connectivity index (χ0n) is 17.0. The van der Waals surface area contributed by atoms with E-state index in [0.717, 1.165) is 0 Å². The van der Waals surface area contributed by atoms with E-state index in [1.807, 2.05) is 20.8 Å². The second-order valence-corrected chi connectivity index (χ2v) is 8.70. The molecule has 3 unspecified atom stereocenters. The molecule has 2 rings (SSSR count). The maximum absolute atomic E-state index is 12.9. The average molecular weight is 398 g/mol. The van der Waals surface area contributed by atoms with Gasteiger partial charge in [0.2, 0.25) is 11.7 Å². The largest absolute Gasteiger partial charge is 0.450 e. The SMILES string of the molecule is CC(C)(C)CC(CC(=O)N1CCOCC1)C(=O)OC1C(=O)COC1(C)C(N)=O. The minimum absolute atomic E-state index is 0.0366. The number of nitrogens with zero attached hydrogens (tertiary/aromatic N) is 1. The lowest BCUT2D eigenvalue weighted by Crippen LogP contribution is -2.52. The third-order valence-electron chi connectivity index (χ3n) is 5.01. The van der Waals surface area contributed by atoms with E-state index in [4.69, 9.17) is 19.9 Å². The molecule has 158 valence electrons. The van der Waals surface area contributed by atoms with Gasteiger partial charge in [0, 0.05) is 19.5 Å². The van der Waals surface area contributed by atoms with Crippen LogP contribution in [-0.2, 0) is 33.4 Å². The van der Waals surface area contributed by atoms with Crippen molar-refractivity contribution >= 4 is 23.6 Å². The summed E-state index contributed by atoms with van der Waals surface area (Å²) in [6.07, 6.45) is -1.05. The van der Waals surface area contributed by atoms with Crippen LogP contribution in [0.15, 0.2) is 0 Å². The van der Waals surface area contributed by atoms with Crippen molar-refractivity contribution in [3.63, 3.8) is 0 Å². The fraction of sp³-hybridized carbons (Fsp3) is 0.789. The molecule has 9 heteroatoms. The van der Waals surface area contributed by atoms with Crippen LogP contribution in [-0.4, -0.2) is 73.1 Å². The van der Waals surface area contributed by atoms with Gasteiger partial charge in [-0.05, 0) is 18.8 Å². The Morgan fingerprint density at radius 3 is 2.43 bits per heavy atom. The summed E-state index contributed by atoms with van der Waals surface area (Å²) in [5.41, 5.74) is 3.38. The number of hydrogen-bond acceptors (Lipinski definition) is 7. The predicted molar refractivity (Wildman–Crippen MR) is 98.0 cm³/mol. The normalized spacial score (nSPS) is 26.8. The molecule has 0 aliphatic carbocycles. The first-order chi connectivity index (χ1) is 12.9. The minimum Gasteiger partial charge on any atom is -0.450 e. The Labute approximate surface area is 164 Å². The number of carbonyl (C=O) groups is 4. The van der Waals surface area contributed by atoms with Crippen molar-refractivity contribution in [2.75, 3.05) is 32.9 Å². The first-order valence-corrected chi connectivity index (χ1v) is 9.46. The summed E-state index contributed by atoms with van der Waals surface area (Å²) in [7, 11) is 0. The zero-order valence-corrected chi connectivity index (χ0v) is 17.0. The third-order valence-corrected chi connectivity index (χ3v) is 5.01. The van der Waals surface area contributed by atoms with Gasteiger partial charge < -0.3 is 24.8 Å². The van der Waals surface area contributed by atoms with Gasteiger partial charge in [0.05, 0.1) is 19.1 Å². The van der Waals surface area contributed by atoms with Crippen LogP contribution >= 0.6 is 0 Å². The Hall–Kier alpha value is -2.00. The summed E-state index contributed by atoms with van der Waals surface area (Å²) in [6.45, 7) is 8.70. The fourth-order valence-electron chi connectivity index (χ4n) is 3.40. The molecule has 0 aromatic heterocycles. The van der Waals surface area contributed by atoms with Crippen LogP contribution in [0.4, 0.5) is 0 Å². The van der Waals surface area contributed by atoms with Gasteiger partial charge in [-0.25, -0.2) is 0 Å². The van der Waals surface area contributed by atoms with E-state index in [0.29, 0.717) is 32.7 Å². The van der Waals surface area contributed by atoms with Crippen LogP contribution in [0.3, 0.4) is 0 Å². The van der Waals surface area contributed by atoms with Crippen molar-refractivity contribution < 1.29 is 33.4 Å². The van der Waals surface area contributed by atoms with Gasteiger partial charge in [-0.15, -0.1) is 0 Å². The highest BCUT2D eigenvalue weighted by Crippen LogP contribution is 2.31. The molecule has 2 heterocycles. The molecule has 0 spiro atoms. The Balaban J connectivity index is 2.13. The fourth-order valence-corrected chi connectivity index (χ4v) is 3.40. The molecule has 2 amide bonds. The number of nitrogens with two attached hydrogens (primary N) is 1. The number of hydrogen-bond donors (Lipinski definition) is 1. The van der Waals surface area contributed by atoms with Crippen LogP contribution in [0.1, 0.15) is 40.5 Å². The number of amides is 2. The van der Waals surface area contributed by atoms with Gasteiger partial charge in [0.15, 0.2) is 11.7 Å². The average Bonchev–Trinajstić information content (AvgIpc) is 2.90. The van der Waals surface area contributed by atoms with E-state index < -0.39 is 35.3 Å². The molecule has 3 atom stereocenters. The number of rotatable bonds is 6. The van der Waals surface area contributed by atoms with Gasteiger partial charge in [0.1, 0.15) is 6.61 Å². The van der Waals surface area contributed by atoms with E-state index in [1.54, 1.807) is 4.90 Å². The van der Waals surface area contributed by atoms with Crippen LogP contribution < -0.4 is 5.73 Å². The lowest BCUT2D eigenvalue weighted by Gasteiger charge is -2.31. The summed E-state index contributed by atoms with van der Waals surface area (Å²) in [4.78, 5) is 51.0. The molecule has 0 aromatic carbocycles. The molecule has 0 saturated carbocycles. The van der Waals surface area contributed by atoms with Crippen molar-refractivity contribution in [3.8, 4) is 0 Å². The maximum atomic E-state index is 12.9. The van der Waals surface area contributed by atoms with Crippen LogP contribution in [0.25, 0.3) is 0 Å². The predicted octanol–water partition coefficient (Wildman–Crippen LogP) is 0.0428. The molecular formula is C19H30N2O7. The Kier molecular flexibility index (Phi) is 6.82. The molecule has 2 aliphatic rings. The van der Waals surface area contributed by atoms with Crippen molar-refractivity contribution in [1.82, 2.24) is 4.90 Å². The minimum atomic E-state index is -1.70. The van der Waals surface area contributed by atoms with E-state index in [2.05, 4.69) is 0 Å². The highest BCUT2D eigenvalue weighted by atomic mass is 16.6. The number of Topliss-reactive ketones (excluding diaryl/α,β-unsaturated/α-hetero) is 1. The molecule has 2 saturated heterocycles. The molecule has 2 aliphatic heterocycles. The third kappa shape index (κ3) is 5.29. The van der Waals surface area contributed by atoms with Crippen LogP contribution in [0.5, 0.6) is 0 Å². The highest BCUT2D eigenvalue weighted by Gasteiger charge is 2.54. The molecular weight excluding hydrogens is 368 g/mol. The smallest absolute Gasteiger partial charge is 0.310 e. The second kappa shape index (κ2) is 8.57. The summed E-state index contributed by atoms with van der Waals surface area (Å²) in [6, 6.07) is 0. The number of ether oxygens (including phenoxy) is 3. The summed E-state index contributed by atoms with van der Waals surface area (Å²) >= 11 is 0. The molecule has 28 heavy (non-hydrogen) atoms. The van der Waals surface area contributed by atoms with Crippen molar-refractivity contribution in [1.29, 1.82) is 0 Å². The van der Waals surface area contributed by atoms with E-state index in [9.17, 15) is 19.2 Å². The number of primary amides is 1. The maximum Gasteiger partial charge on any atom is 0.310 e. The van der Waals surface area contributed by atoms with E-state index >= 15 is 0 Å². The van der Waals surface area contributed by atoms with Crippen molar-refractivity contribution in [3.05, 3.63) is 0 Å². The Morgan fingerprint density at radius 2 is 1.89 bits per heavy atom. The lowest BCUT2D eigenvalue weighted by atomic mass is 9.83. The van der Waals surface area contributed by atoms with Crippen LogP contribution in [0, 0.1) is 11.3 Å². The zero-order chi connectivity index (χ0) is 21.1. The summed E-state index contributed by atoms with van der Waals surface area (Å²) in [5, 5.41) is 0. The van der Waals surface area contributed by atoms with Gasteiger partial charge in [-0.1, -0.05) is 20.8 Å². The molecule has 0 aromatic rings. The van der Waals surface area contributed by atoms with Gasteiger partial charge in [-0.3, -0.25) is 19.2 Å². The highest BCUT2D eigenvalue weighted by molar-refractivity contribution is 5.99. The molecule has 2 fully saturated rings. The number of esters is 1.